The number of aryl methyl sites for hydroxylation is 2. The van der Waals surface area contributed by atoms with Gasteiger partial charge in [-0.2, -0.15) is 5.10 Å². The number of carbonyl (C=O) groups excluding carboxylic acids is 1. The number of anilines is 1. The maximum atomic E-state index is 12.9. The second-order valence-corrected chi connectivity index (χ2v) is 6.66. The molecule has 158 valence electrons. The van der Waals surface area contributed by atoms with Gasteiger partial charge in [0.1, 0.15) is 41.0 Å². The normalized spacial score (nSPS) is 10.7. The highest BCUT2D eigenvalue weighted by Gasteiger charge is 2.18. The number of hydrogen-bond acceptors (Lipinski definition) is 7. The molecule has 0 radical (unpaired) electrons. The van der Waals surface area contributed by atoms with Gasteiger partial charge in [-0.25, -0.2) is 15.0 Å². The van der Waals surface area contributed by atoms with Gasteiger partial charge in [0.25, 0.3) is 5.91 Å². The van der Waals surface area contributed by atoms with Crippen molar-refractivity contribution in [3.8, 4) is 28.6 Å². The largest absolute Gasteiger partial charge is 0.497 e. The summed E-state index contributed by atoms with van der Waals surface area (Å²) in [5, 5.41) is 7.27. The molecule has 10 heteroatoms. The Bertz CT molecular complexity index is 1250. The third-order valence-electron chi connectivity index (χ3n) is 4.76. The van der Waals surface area contributed by atoms with Crippen LogP contribution in [0.25, 0.3) is 17.1 Å². The van der Waals surface area contributed by atoms with Crippen LogP contribution in [0.5, 0.6) is 11.5 Å². The third kappa shape index (κ3) is 3.95. The number of ether oxygens (including phenoxy) is 2. The second-order valence-electron chi connectivity index (χ2n) is 6.66. The van der Waals surface area contributed by atoms with Gasteiger partial charge in [-0.05, 0) is 31.2 Å². The summed E-state index contributed by atoms with van der Waals surface area (Å²) in [5.74, 6) is 2.68. The van der Waals surface area contributed by atoms with E-state index in [0.717, 1.165) is 11.4 Å². The zero-order valence-electron chi connectivity index (χ0n) is 17.5. The first kappa shape index (κ1) is 20.1. The van der Waals surface area contributed by atoms with Crippen LogP contribution in [0.4, 0.5) is 5.82 Å². The first-order chi connectivity index (χ1) is 15.0. The maximum Gasteiger partial charge on any atom is 0.275 e. The summed E-state index contributed by atoms with van der Waals surface area (Å²) in [5.41, 5.74) is 1.66. The lowest BCUT2D eigenvalue weighted by Gasteiger charge is -2.08. The highest BCUT2D eigenvalue weighted by atomic mass is 16.5. The molecule has 4 rings (SSSR count). The Morgan fingerprint density at radius 2 is 1.90 bits per heavy atom. The van der Waals surface area contributed by atoms with Crippen LogP contribution in [0.3, 0.4) is 0 Å². The maximum absolute atomic E-state index is 12.9. The zero-order chi connectivity index (χ0) is 22.0. The van der Waals surface area contributed by atoms with E-state index < -0.39 is 0 Å². The van der Waals surface area contributed by atoms with Crippen molar-refractivity contribution < 1.29 is 14.3 Å². The molecule has 31 heavy (non-hydrogen) atoms. The molecule has 10 nitrogen and oxygen atoms in total. The molecule has 3 aromatic heterocycles. The van der Waals surface area contributed by atoms with E-state index in [1.54, 1.807) is 62.5 Å². The van der Waals surface area contributed by atoms with Gasteiger partial charge in [0.15, 0.2) is 0 Å². The Morgan fingerprint density at radius 1 is 1.06 bits per heavy atom. The number of benzene rings is 1. The zero-order valence-corrected chi connectivity index (χ0v) is 17.5. The van der Waals surface area contributed by atoms with Crippen molar-refractivity contribution in [2.45, 2.75) is 6.92 Å². The number of nitrogens with zero attached hydrogens (tertiary/aromatic N) is 6. The number of methoxy groups -OCH3 is 2. The highest BCUT2D eigenvalue weighted by Crippen LogP contribution is 2.33. The van der Waals surface area contributed by atoms with E-state index in [9.17, 15) is 4.79 Å². The van der Waals surface area contributed by atoms with E-state index in [-0.39, 0.29) is 5.91 Å². The van der Waals surface area contributed by atoms with Gasteiger partial charge in [-0.15, -0.1) is 0 Å². The van der Waals surface area contributed by atoms with Crippen LogP contribution in [0.2, 0.25) is 0 Å². The van der Waals surface area contributed by atoms with Gasteiger partial charge < -0.3 is 14.8 Å². The van der Waals surface area contributed by atoms with E-state index in [4.69, 9.17) is 9.47 Å². The number of rotatable bonds is 6. The Morgan fingerprint density at radius 3 is 2.61 bits per heavy atom. The fourth-order valence-corrected chi connectivity index (χ4v) is 3.17. The lowest BCUT2D eigenvalue weighted by molar-refractivity contribution is 0.101. The van der Waals surface area contributed by atoms with Gasteiger partial charge >= 0.3 is 0 Å². The lowest BCUT2D eigenvalue weighted by atomic mass is 10.1. The summed E-state index contributed by atoms with van der Waals surface area (Å²) in [6, 6.07) is 8.77. The average Bonchev–Trinajstić information content (AvgIpc) is 3.39. The van der Waals surface area contributed by atoms with Gasteiger partial charge in [0, 0.05) is 31.1 Å². The summed E-state index contributed by atoms with van der Waals surface area (Å²) in [7, 11) is 4.87. The Kier molecular flexibility index (Phi) is 5.35. The molecular weight excluding hydrogens is 398 g/mol. The van der Waals surface area contributed by atoms with E-state index in [2.05, 4.69) is 25.4 Å². The molecule has 0 aliphatic heterocycles. The van der Waals surface area contributed by atoms with Crippen LogP contribution >= 0.6 is 0 Å². The molecule has 0 atom stereocenters. The molecular formula is C21H21N7O3. The molecule has 0 saturated heterocycles. The fourth-order valence-electron chi connectivity index (χ4n) is 3.17. The van der Waals surface area contributed by atoms with Crippen LogP contribution in [0.1, 0.15) is 16.3 Å². The summed E-state index contributed by atoms with van der Waals surface area (Å²) in [6.45, 7) is 1.87. The van der Waals surface area contributed by atoms with Crippen LogP contribution in [0.15, 0.2) is 49.1 Å². The Labute approximate surface area is 178 Å². The molecule has 0 bridgehead atoms. The Balaban J connectivity index is 1.62. The highest BCUT2D eigenvalue weighted by molar-refractivity contribution is 6.03. The number of imidazole rings is 1. The monoisotopic (exact) mass is 419 g/mol. The predicted octanol–water partition coefficient (Wildman–Crippen LogP) is 2.64. The quantitative estimate of drug-likeness (QED) is 0.512. The van der Waals surface area contributed by atoms with Crippen LogP contribution in [0, 0.1) is 6.92 Å². The van der Waals surface area contributed by atoms with E-state index in [0.29, 0.717) is 34.5 Å². The molecule has 0 aliphatic carbocycles. The van der Waals surface area contributed by atoms with Gasteiger partial charge in [-0.1, -0.05) is 0 Å². The van der Waals surface area contributed by atoms with Crippen molar-refractivity contribution >= 4 is 11.7 Å². The van der Waals surface area contributed by atoms with Crippen LogP contribution in [-0.4, -0.2) is 49.4 Å². The smallest absolute Gasteiger partial charge is 0.275 e. The Hall–Kier alpha value is -4.21. The van der Waals surface area contributed by atoms with Gasteiger partial charge in [0.2, 0.25) is 0 Å². The van der Waals surface area contributed by atoms with Crippen LogP contribution in [-0.2, 0) is 7.05 Å². The molecule has 1 N–H and O–H groups in total. The predicted molar refractivity (Wildman–Crippen MR) is 114 cm³/mol. The number of nitrogens with one attached hydrogen (secondary N) is 1. The molecule has 0 saturated carbocycles. The molecule has 0 spiro atoms. The fraction of sp³-hybridized carbons (Fsp3) is 0.190. The minimum Gasteiger partial charge on any atom is -0.497 e. The minimum atomic E-state index is -0.352. The number of hydrogen-bond donors (Lipinski definition) is 1. The summed E-state index contributed by atoms with van der Waals surface area (Å²) in [6.07, 6.45) is 4.86. The minimum absolute atomic E-state index is 0.352. The standard InChI is InChI=1S/C21H21N7O3/c1-13-22-7-8-28(13)20-11-19(23-12-24-20)25-21(29)17-10-16(26-27(17)2)15-9-14(30-3)5-6-18(15)31-4/h5-12H,1-4H3,(H,23,24,25,29). The van der Waals surface area contributed by atoms with E-state index >= 15 is 0 Å². The van der Waals surface area contributed by atoms with Crippen molar-refractivity contribution in [1.29, 1.82) is 0 Å². The first-order valence-electron chi connectivity index (χ1n) is 9.40. The molecule has 1 amide bonds. The average molecular weight is 419 g/mol. The SMILES string of the molecule is COc1ccc(OC)c(-c2cc(C(=O)Nc3cc(-n4ccnc4C)ncn3)n(C)n2)c1. The first-order valence-corrected chi connectivity index (χ1v) is 9.40. The third-order valence-corrected chi connectivity index (χ3v) is 4.76. The summed E-state index contributed by atoms with van der Waals surface area (Å²) < 4.78 is 14.0. The topological polar surface area (TPSA) is 109 Å². The van der Waals surface area contributed by atoms with Crippen molar-refractivity contribution in [3.05, 3.63) is 60.6 Å². The number of aromatic nitrogens is 6. The van der Waals surface area contributed by atoms with Crippen molar-refractivity contribution in [1.82, 2.24) is 29.3 Å². The summed E-state index contributed by atoms with van der Waals surface area (Å²) >= 11 is 0. The number of carbonyl (C=O) groups is 1. The lowest BCUT2D eigenvalue weighted by Crippen LogP contribution is -2.17. The van der Waals surface area contributed by atoms with Crippen molar-refractivity contribution in [2.24, 2.45) is 7.05 Å². The van der Waals surface area contributed by atoms with E-state index in [1.807, 2.05) is 13.0 Å². The molecule has 3 heterocycles. The van der Waals surface area contributed by atoms with E-state index in [1.165, 1.54) is 11.0 Å². The molecule has 4 aromatic rings. The van der Waals surface area contributed by atoms with Crippen LogP contribution < -0.4 is 14.8 Å². The van der Waals surface area contributed by atoms with Gasteiger partial charge in [0.05, 0.1) is 19.9 Å². The molecule has 0 fully saturated rings. The molecule has 0 aliphatic rings. The van der Waals surface area contributed by atoms with Gasteiger partial charge in [-0.3, -0.25) is 14.0 Å². The molecule has 0 unspecified atom stereocenters. The summed E-state index contributed by atoms with van der Waals surface area (Å²) in [4.78, 5) is 25.5. The second kappa shape index (κ2) is 8.27. The van der Waals surface area contributed by atoms with Crippen molar-refractivity contribution in [3.63, 3.8) is 0 Å². The molecule has 1 aromatic carbocycles. The number of amides is 1. The van der Waals surface area contributed by atoms with Crippen molar-refractivity contribution in [2.75, 3.05) is 19.5 Å².